The van der Waals surface area contributed by atoms with Gasteiger partial charge in [0.15, 0.2) is 11.6 Å². The van der Waals surface area contributed by atoms with Crippen molar-refractivity contribution in [1.29, 1.82) is 0 Å². The Morgan fingerprint density at radius 1 is 1.00 bits per heavy atom. The lowest BCUT2D eigenvalue weighted by Crippen LogP contribution is -2.57. The molecule has 2 aliphatic heterocycles. The van der Waals surface area contributed by atoms with Crippen molar-refractivity contribution in [1.82, 2.24) is 5.32 Å². The van der Waals surface area contributed by atoms with Crippen molar-refractivity contribution in [2.75, 3.05) is 5.32 Å². The normalized spacial score (nSPS) is 23.9. The fraction of sp³-hybridized carbons (Fsp3) is 0.200. The SMILES string of the molecule is Cc1ccc(F)c(F)c1[C@@H]1NC(=O)C[C@@H](c2cccc(Cl)c2)[C@]12C(=O)Nc1cc(Cl)ccc12. The highest BCUT2D eigenvalue weighted by atomic mass is 35.5. The molecule has 0 bridgehead atoms. The Morgan fingerprint density at radius 2 is 1.76 bits per heavy atom. The minimum absolute atomic E-state index is 0.0394. The van der Waals surface area contributed by atoms with Crippen LogP contribution in [0.25, 0.3) is 0 Å². The molecule has 3 atom stereocenters. The van der Waals surface area contributed by atoms with Gasteiger partial charge in [0.25, 0.3) is 0 Å². The lowest BCUT2D eigenvalue weighted by Gasteiger charge is -2.46. The number of halogens is 4. The van der Waals surface area contributed by atoms with Gasteiger partial charge in [0, 0.05) is 33.6 Å². The molecular formula is C25H18Cl2F2N2O2. The summed E-state index contributed by atoms with van der Waals surface area (Å²) in [4.78, 5) is 26.8. The van der Waals surface area contributed by atoms with E-state index in [0.717, 1.165) is 6.07 Å². The van der Waals surface area contributed by atoms with E-state index >= 15 is 4.39 Å². The van der Waals surface area contributed by atoms with Gasteiger partial charge in [-0.3, -0.25) is 9.59 Å². The standard InChI is InChI=1S/C25H18Cl2F2N2O2/c1-12-5-8-18(28)22(29)21(12)23-25(16-7-6-15(27)10-19(16)30-24(25)33)17(11-20(32)31-23)13-3-2-4-14(26)9-13/h2-10,17,23H,11H2,1H3,(H,30,33)(H,31,32)/t17-,23-,25-/m0/s1. The Labute approximate surface area is 198 Å². The second-order valence-electron chi connectivity index (χ2n) is 8.42. The van der Waals surface area contributed by atoms with Crippen molar-refractivity contribution >= 4 is 40.7 Å². The molecule has 8 heteroatoms. The van der Waals surface area contributed by atoms with Crippen molar-refractivity contribution in [3.63, 3.8) is 0 Å². The maximum absolute atomic E-state index is 15.3. The number of aryl methyl sites for hydroxylation is 1. The topological polar surface area (TPSA) is 58.2 Å². The first-order valence-electron chi connectivity index (χ1n) is 10.3. The van der Waals surface area contributed by atoms with E-state index in [1.807, 2.05) is 0 Å². The van der Waals surface area contributed by atoms with Crippen molar-refractivity contribution in [3.8, 4) is 0 Å². The molecule has 1 saturated heterocycles. The third-order valence-electron chi connectivity index (χ3n) is 6.64. The number of piperidine rings is 1. The number of hydrogen-bond donors (Lipinski definition) is 2. The van der Waals surface area contributed by atoms with Crippen molar-refractivity contribution < 1.29 is 18.4 Å². The zero-order chi connectivity index (χ0) is 23.5. The van der Waals surface area contributed by atoms with Gasteiger partial charge in [0.05, 0.1) is 6.04 Å². The number of anilines is 1. The van der Waals surface area contributed by atoms with E-state index in [0.29, 0.717) is 32.4 Å². The molecule has 2 N–H and O–H groups in total. The van der Waals surface area contributed by atoms with E-state index in [9.17, 15) is 14.0 Å². The lowest BCUT2D eigenvalue weighted by atomic mass is 9.59. The summed E-state index contributed by atoms with van der Waals surface area (Å²) < 4.78 is 29.7. The molecule has 2 amide bonds. The van der Waals surface area contributed by atoms with Crippen LogP contribution in [0.1, 0.15) is 40.6 Å². The molecule has 5 rings (SSSR count). The number of fused-ring (bicyclic) bond motifs is 2. The van der Waals surface area contributed by atoms with Gasteiger partial charge in [0.1, 0.15) is 5.41 Å². The van der Waals surface area contributed by atoms with Crippen LogP contribution in [0, 0.1) is 18.6 Å². The second-order valence-corrected chi connectivity index (χ2v) is 9.29. The van der Waals surface area contributed by atoms with Crippen LogP contribution >= 0.6 is 23.2 Å². The highest BCUT2D eigenvalue weighted by molar-refractivity contribution is 6.31. The van der Waals surface area contributed by atoms with E-state index in [4.69, 9.17) is 23.2 Å². The third-order valence-corrected chi connectivity index (χ3v) is 7.11. The smallest absolute Gasteiger partial charge is 0.238 e. The van der Waals surface area contributed by atoms with E-state index in [1.54, 1.807) is 49.4 Å². The third kappa shape index (κ3) is 3.23. The summed E-state index contributed by atoms with van der Waals surface area (Å²) in [5, 5.41) is 6.51. The van der Waals surface area contributed by atoms with Crippen LogP contribution in [0.15, 0.2) is 54.6 Å². The molecule has 3 aromatic carbocycles. The fourth-order valence-corrected chi connectivity index (χ4v) is 5.63. The molecule has 4 nitrogen and oxygen atoms in total. The molecule has 0 unspecified atom stereocenters. The van der Waals surface area contributed by atoms with Crippen LogP contribution in [-0.2, 0) is 15.0 Å². The molecule has 3 aromatic rings. The van der Waals surface area contributed by atoms with E-state index < -0.39 is 34.9 Å². The van der Waals surface area contributed by atoms with Gasteiger partial charge in [-0.05, 0) is 53.9 Å². The highest BCUT2D eigenvalue weighted by Gasteiger charge is 2.61. The number of carbonyl (C=O) groups excluding carboxylic acids is 2. The summed E-state index contributed by atoms with van der Waals surface area (Å²) in [5.41, 5.74) is 0.561. The highest BCUT2D eigenvalue weighted by Crippen LogP contribution is 2.58. The van der Waals surface area contributed by atoms with Crippen LogP contribution in [0.2, 0.25) is 10.0 Å². The van der Waals surface area contributed by atoms with Crippen LogP contribution in [0.3, 0.4) is 0 Å². The van der Waals surface area contributed by atoms with Crippen LogP contribution in [0.5, 0.6) is 0 Å². The monoisotopic (exact) mass is 486 g/mol. The van der Waals surface area contributed by atoms with Gasteiger partial charge in [-0.1, -0.05) is 47.5 Å². The average molecular weight is 487 g/mol. The molecule has 1 fully saturated rings. The minimum atomic E-state index is -1.46. The number of nitrogens with one attached hydrogen (secondary N) is 2. The molecule has 2 heterocycles. The molecule has 168 valence electrons. The molecule has 0 radical (unpaired) electrons. The van der Waals surface area contributed by atoms with Gasteiger partial charge in [-0.15, -0.1) is 0 Å². The van der Waals surface area contributed by atoms with Gasteiger partial charge >= 0.3 is 0 Å². The summed E-state index contributed by atoms with van der Waals surface area (Å²) >= 11 is 12.4. The Hall–Kier alpha value is -2.96. The average Bonchev–Trinajstić information content (AvgIpc) is 3.04. The van der Waals surface area contributed by atoms with Gasteiger partial charge in [-0.25, -0.2) is 8.78 Å². The summed E-state index contributed by atoms with van der Waals surface area (Å²) in [6, 6.07) is 13.1. The number of amides is 2. The van der Waals surface area contributed by atoms with Crippen molar-refractivity contribution in [3.05, 3.63) is 98.5 Å². The Kier molecular flexibility index (Phi) is 5.18. The summed E-state index contributed by atoms with van der Waals surface area (Å²) in [6.45, 7) is 1.62. The number of benzene rings is 3. The summed E-state index contributed by atoms with van der Waals surface area (Å²) in [6.07, 6.45) is -0.0394. The number of rotatable bonds is 2. The second kappa shape index (κ2) is 7.82. The molecule has 0 aliphatic carbocycles. The van der Waals surface area contributed by atoms with E-state index in [2.05, 4.69) is 10.6 Å². The first-order chi connectivity index (χ1) is 15.7. The Bertz CT molecular complexity index is 1330. The first kappa shape index (κ1) is 21.9. The number of carbonyl (C=O) groups is 2. The van der Waals surface area contributed by atoms with Crippen LogP contribution in [-0.4, -0.2) is 11.8 Å². The maximum Gasteiger partial charge on any atom is 0.238 e. The molecule has 0 aromatic heterocycles. The van der Waals surface area contributed by atoms with Crippen LogP contribution in [0.4, 0.5) is 14.5 Å². The minimum Gasteiger partial charge on any atom is -0.348 e. The fourth-order valence-electron chi connectivity index (χ4n) is 5.26. The van der Waals surface area contributed by atoms with Crippen molar-refractivity contribution in [2.45, 2.75) is 30.7 Å². The maximum atomic E-state index is 15.3. The molecule has 1 spiro atoms. The van der Waals surface area contributed by atoms with E-state index in [1.165, 1.54) is 6.07 Å². The predicted octanol–water partition coefficient (Wildman–Crippen LogP) is 5.81. The van der Waals surface area contributed by atoms with Crippen LogP contribution < -0.4 is 10.6 Å². The summed E-state index contributed by atoms with van der Waals surface area (Å²) in [5.74, 6) is -3.66. The first-order valence-corrected chi connectivity index (χ1v) is 11.1. The van der Waals surface area contributed by atoms with Gasteiger partial charge in [-0.2, -0.15) is 0 Å². The quantitative estimate of drug-likeness (QED) is 0.479. The molecule has 0 saturated carbocycles. The van der Waals surface area contributed by atoms with Gasteiger partial charge in [0.2, 0.25) is 11.8 Å². The summed E-state index contributed by atoms with van der Waals surface area (Å²) in [7, 11) is 0. The largest absolute Gasteiger partial charge is 0.348 e. The Balaban J connectivity index is 1.86. The molecule has 2 aliphatic rings. The zero-order valence-electron chi connectivity index (χ0n) is 17.4. The Morgan fingerprint density at radius 3 is 2.52 bits per heavy atom. The molecule has 33 heavy (non-hydrogen) atoms. The number of hydrogen-bond acceptors (Lipinski definition) is 2. The molecular weight excluding hydrogens is 469 g/mol. The van der Waals surface area contributed by atoms with Gasteiger partial charge < -0.3 is 10.6 Å². The van der Waals surface area contributed by atoms with E-state index in [-0.39, 0.29) is 17.9 Å². The van der Waals surface area contributed by atoms with Crippen molar-refractivity contribution in [2.24, 2.45) is 0 Å². The predicted molar refractivity (Wildman–Crippen MR) is 123 cm³/mol. The lowest BCUT2D eigenvalue weighted by molar-refractivity contribution is -0.131. The zero-order valence-corrected chi connectivity index (χ0v) is 18.9.